The monoisotopic (exact) mass is 223 g/mol. The number of benzene rings is 1. The van der Waals surface area contributed by atoms with Crippen molar-refractivity contribution < 1.29 is 9.50 Å². The van der Waals surface area contributed by atoms with Crippen LogP contribution in [0.1, 0.15) is 24.0 Å². The molecule has 88 valence electrons. The van der Waals surface area contributed by atoms with Crippen LogP contribution in [0.5, 0.6) is 0 Å². The molecule has 0 spiro atoms. The molecule has 2 nitrogen and oxygen atoms in total. The van der Waals surface area contributed by atoms with Gasteiger partial charge in [-0.3, -0.25) is 4.90 Å². The largest absolute Gasteiger partial charge is 0.393 e. The number of rotatable bonds is 2. The summed E-state index contributed by atoms with van der Waals surface area (Å²) in [6.45, 7) is 4.49. The number of halogens is 1. The lowest BCUT2D eigenvalue weighted by molar-refractivity contribution is 0.0792. The molecule has 0 saturated carbocycles. The predicted molar refractivity (Wildman–Crippen MR) is 61.7 cm³/mol. The third kappa shape index (κ3) is 3.03. The minimum Gasteiger partial charge on any atom is -0.393 e. The first kappa shape index (κ1) is 11.6. The molecular formula is C13H18FNO. The van der Waals surface area contributed by atoms with Crippen LogP contribution < -0.4 is 0 Å². The minimum atomic E-state index is -0.160. The van der Waals surface area contributed by atoms with Crippen LogP contribution in [0.25, 0.3) is 0 Å². The first-order chi connectivity index (χ1) is 7.63. The molecular weight excluding hydrogens is 205 g/mol. The van der Waals surface area contributed by atoms with Crippen molar-refractivity contribution in [1.82, 2.24) is 4.90 Å². The Hall–Kier alpha value is -0.930. The maximum absolute atomic E-state index is 13.2. The molecule has 0 amide bonds. The van der Waals surface area contributed by atoms with Crippen LogP contribution in [0.15, 0.2) is 18.2 Å². The van der Waals surface area contributed by atoms with Gasteiger partial charge in [0.25, 0.3) is 0 Å². The predicted octanol–water partition coefficient (Wildman–Crippen LogP) is 2.09. The minimum absolute atomic E-state index is 0.148. The van der Waals surface area contributed by atoms with E-state index in [4.69, 9.17) is 0 Å². The zero-order valence-corrected chi connectivity index (χ0v) is 9.62. The molecule has 1 saturated heterocycles. The van der Waals surface area contributed by atoms with Crippen LogP contribution in [-0.2, 0) is 6.54 Å². The molecule has 0 unspecified atom stereocenters. The smallest absolute Gasteiger partial charge is 0.123 e. The fourth-order valence-corrected chi connectivity index (χ4v) is 2.24. The average molecular weight is 223 g/mol. The highest BCUT2D eigenvalue weighted by Gasteiger charge is 2.16. The molecule has 1 aromatic carbocycles. The van der Waals surface area contributed by atoms with Crippen LogP contribution in [0.4, 0.5) is 4.39 Å². The number of aliphatic hydroxyl groups is 1. The Kier molecular flexibility index (Phi) is 3.56. The number of likely N-dealkylation sites (tertiary alicyclic amines) is 1. The highest BCUT2D eigenvalue weighted by atomic mass is 19.1. The van der Waals surface area contributed by atoms with Crippen molar-refractivity contribution in [3.63, 3.8) is 0 Å². The van der Waals surface area contributed by atoms with Gasteiger partial charge in [-0.15, -0.1) is 0 Å². The summed E-state index contributed by atoms with van der Waals surface area (Å²) in [6, 6.07) is 5.16. The van der Waals surface area contributed by atoms with Gasteiger partial charge in [0, 0.05) is 19.6 Å². The summed E-state index contributed by atoms with van der Waals surface area (Å²) >= 11 is 0. The Morgan fingerprint density at radius 2 is 2.00 bits per heavy atom. The third-order valence-corrected chi connectivity index (χ3v) is 3.07. The Bertz CT molecular complexity index is 339. The lowest BCUT2D eigenvalue weighted by Gasteiger charge is -2.29. The number of nitrogens with zero attached hydrogens (tertiary/aromatic N) is 1. The van der Waals surface area contributed by atoms with Crippen molar-refractivity contribution >= 4 is 0 Å². The van der Waals surface area contributed by atoms with Crippen molar-refractivity contribution in [3.8, 4) is 0 Å². The quantitative estimate of drug-likeness (QED) is 0.830. The highest BCUT2D eigenvalue weighted by Crippen LogP contribution is 2.15. The van der Waals surface area contributed by atoms with Crippen LogP contribution >= 0.6 is 0 Å². The summed E-state index contributed by atoms with van der Waals surface area (Å²) < 4.78 is 13.2. The fraction of sp³-hybridized carbons (Fsp3) is 0.538. The van der Waals surface area contributed by atoms with Crippen LogP contribution in [0.3, 0.4) is 0 Å². The standard InChI is InChI=1S/C13H18FNO/c1-10-6-11(8-12(14)7-10)9-15-4-2-13(16)3-5-15/h6-8,13,16H,2-5,9H2,1H3. The number of aliphatic hydroxyl groups excluding tert-OH is 1. The van der Waals surface area contributed by atoms with E-state index in [9.17, 15) is 9.50 Å². The number of aryl methyl sites for hydroxylation is 1. The lowest BCUT2D eigenvalue weighted by Crippen LogP contribution is -2.35. The topological polar surface area (TPSA) is 23.5 Å². The van der Waals surface area contributed by atoms with E-state index < -0.39 is 0 Å². The SMILES string of the molecule is Cc1cc(F)cc(CN2CCC(O)CC2)c1. The van der Waals surface area contributed by atoms with Gasteiger partial charge in [-0.2, -0.15) is 0 Å². The molecule has 0 aliphatic carbocycles. The zero-order valence-electron chi connectivity index (χ0n) is 9.62. The third-order valence-electron chi connectivity index (χ3n) is 3.07. The number of piperidine rings is 1. The van der Waals surface area contributed by atoms with E-state index in [-0.39, 0.29) is 11.9 Å². The zero-order chi connectivity index (χ0) is 11.5. The van der Waals surface area contributed by atoms with E-state index in [0.29, 0.717) is 0 Å². The summed E-state index contributed by atoms with van der Waals surface area (Å²) in [4.78, 5) is 2.26. The molecule has 1 aliphatic heterocycles. The van der Waals surface area contributed by atoms with Crippen molar-refractivity contribution in [2.24, 2.45) is 0 Å². The Labute approximate surface area is 95.7 Å². The average Bonchev–Trinajstić information content (AvgIpc) is 2.20. The van der Waals surface area contributed by atoms with E-state index in [1.54, 1.807) is 12.1 Å². The van der Waals surface area contributed by atoms with Crippen molar-refractivity contribution in [3.05, 3.63) is 35.1 Å². The van der Waals surface area contributed by atoms with Gasteiger partial charge in [-0.05, 0) is 43.0 Å². The summed E-state index contributed by atoms with van der Waals surface area (Å²) in [6.07, 6.45) is 1.51. The van der Waals surface area contributed by atoms with E-state index in [1.807, 2.05) is 13.0 Å². The second kappa shape index (κ2) is 4.93. The second-order valence-electron chi connectivity index (χ2n) is 4.64. The molecule has 0 bridgehead atoms. The molecule has 1 N–H and O–H groups in total. The number of hydrogen-bond donors (Lipinski definition) is 1. The van der Waals surface area contributed by atoms with Gasteiger partial charge >= 0.3 is 0 Å². The van der Waals surface area contributed by atoms with E-state index >= 15 is 0 Å². The van der Waals surface area contributed by atoms with Gasteiger partial charge in [0.05, 0.1) is 6.10 Å². The normalized spacial score (nSPS) is 18.9. The summed E-state index contributed by atoms with van der Waals surface area (Å²) in [5.74, 6) is -0.160. The van der Waals surface area contributed by atoms with Crippen molar-refractivity contribution in [2.75, 3.05) is 13.1 Å². The van der Waals surface area contributed by atoms with E-state index in [2.05, 4.69) is 4.90 Å². The van der Waals surface area contributed by atoms with Gasteiger partial charge in [0.1, 0.15) is 5.82 Å². The lowest BCUT2D eigenvalue weighted by atomic mass is 10.1. The van der Waals surface area contributed by atoms with E-state index in [0.717, 1.165) is 43.6 Å². The van der Waals surface area contributed by atoms with Gasteiger partial charge in [0.15, 0.2) is 0 Å². The first-order valence-electron chi connectivity index (χ1n) is 5.80. The molecule has 16 heavy (non-hydrogen) atoms. The Balaban J connectivity index is 1.98. The van der Waals surface area contributed by atoms with Crippen LogP contribution in [0, 0.1) is 12.7 Å². The van der Waals surface area contributed by atoms with Gasteiger partial charge < -0.3 is 5.11 Å². The highest BCUT2D eigenvalue weighted by molar-refractivity contribution is 5.23. The second-order valence-corrected chi connectivity index (χ2v) is 4.64. The molecule has 1 aromatic rings. The molecule has 1 heterocycles. The summed E-state index contributed by atoms with van der Waals surface area (Å²) in [7, 11) is 0. The van der Waals surface area contributed by atoms with Crippen LogP contribution in [0.2, 0.25) is 0 Å². The summed E-state index contributed by atoms with van der Waals surface area (Å²) in [5, 5.41) is 9.39. The first-order valence-corrected chi connectivity index (χ1v) is 5.80. The maximum atomic E-state index is 13.2. The number of hydrogen-bond acceptors (Lipinski definition) is 2. The maximum Gasteiger partial charge on any atom is 0.123 e. The van der Waals surface area contributed by atoms with E-state index in [1.165, 1.54) is 0 Å². The Morgan fingerprint density at radius 1 is 1.31 bits per heavy atom. The van der Waals surface area contributed by atoms with Crippen molar-refractivity contribution in [2.45, 2.75) is 32.4 Å². The molecule has 1 aliphatic rings. The Morgan fingerprint density at radius 3 is 2.62 bits per heavy atom. The van der Waals surface area contributed by atoms with Gasteiger partial charge in [-0.1, -0.05) is 6.07 Å². The van der Waals surface area contributed by atoms with Gasteiger partial charge in [-0.25, -0.2) is 4.39 Å². The molecule has 3 heteroatoms. The fourth-order valence-electron chi connectivity index (χ4n) is 2.24. The van der Waals surface area contributed by atoms with Crippen molar-refractivity contribution in [1.29, 1.82) is 0 Å². The summed E-state index contributed by atoms with van der Waals surface area (Å²) in [5.41, 5.74) is 1.99. The molecule has 1 fully saturated rings. The molecule has 2 rings (SSSR count). The van der Waals surface area contributed by atoms with Crippen LogP contribution in [-0.4, -0.2) is 29.2 Å². The molecule has 0 radical (unpaired) electrons. The van der Waals surface area contributed by atoms with Gasteiger partial charge in [0.2, 0.25) is 0 Å². The molecule has 0 atom stereocenters. The molecule has 0 aromatic heterocycles.